The molecule has 2 unspecified atom stereocenters. The van der Waals surface area contributed by atoms with Gasteiger partial charge in [0.15, 0.2) is 0 Å². The van der Waals surface area contributed by atoms with Crippen LogP contribution in [0, 0.1) is 0 Å². The van der Waals surface area contributed by atoms with Crippen molar-refractivity contribution in [3.8, 4) is 0 Å². The summed E-state index contributed by atoms with van der Waals surface area (Å²) in [5.74, 6) is 0. The second-order valence-corrected chi connectivity index (χ2v) is 3.95. The van der Waals surface area contributed by atoms with Gasteiger partial charge < -0.3 is 18.9 Å². The van der Waals surface area contributed by atoms with E-state index in [1.54, 1.807) is 0 Å². The average Bonchev–Trinajstić information content (AvgIpc) is 2.35. The highest BCUT2D eigenvalue weighted by Crippen LogP contribution is 2.44. The van der Waals surface area contributed by atoms with Crippen LogP contribution in [0.5, 0.6) is 0 Å². The minimum absolute atomic E-state index is 0.0732. The van der Waals surface area contributed by atoms with Crippen molar-refractivity contribution in [1.29, 1.82) is 0 Å². The van der Waals surface area contributed by atoms with Crippen molar-refractivity contribution < 1.29 is 18.9 Å². The quantitative estimate of drug-likeness (QED) is 0.446. The third kappa shape index (κ3) is 0.959. The molecule has 4 nitrogen and oxygen atoms in total. The molecule has 0 saturated carbocycles. The Bertz CT molecular complexity index is 218. The topological polar surface area (TPSA) is 36.9 Å². The molecule has 0 aromatic rings. The summed E-state index contributed by atoms with van der Waals surface area (Å²) in [5, 5.41) is 0. The number of rotatable bonds is 0. The van der Waals surface area contributed by atoms with Crippen molar-refractivity contribution in [2.24, 2.45) is 0 Å². The number of hydrogen-bond donors (Lipinski definition) is 0. The SMILES string of the molecule is BC1OC2COCO[C@H]2[C@]12CCO2. The summed E-state index contributed by atoms with van der Waals surface area (Å²) >= 11 is 0. The van der Waals surface area contributed by atoms with Crippen LogP contribution in [0.2, 0.25) is 0 Å². The van der Waals surface area contributed by atoms with Gasteiger partial charge in [-0.15, -0.1) is 0 Å². The molecule has 0 aromatic carbocycles. The van der Waals surface area contributed by atoms with E-state index in [2.05, 4.69) is 7.85 Å². The van der Waals surface area contributed by atoms with Gasteiger partial charge in [0, 0.05) is 6.42 Å². The van der Waals surface area contributed by atoms with Gasteiger partial charge in [-0.2, -0.15) is 0 Å². The van der Waals surface area contributed by atoms with Crippen LogP contribution >= 0.6 is 0 Å². The van der Waals surface area contributed by atoms with E-state index < -0.39 is 0 Å². The first-order chi connectivity index (χ1) is 6.33. The van der Waals surface area contributed by atoms with Gasteiger partial charge in [-0.3, -0.25) is 0 Å². The van der Waals surface area contributed by atoms with E-state index >= 15 is 0 Å². The minimum atomic E-state index is -0.158. The van der Waals surface area contributed by atoms with Gasteiger partial charge in [0.25, 0.3) is 0 Å². The molecule has 1 spiro atoms. The van der Waals surface area contributed by atoms with Crippen molar-refractivity contribution in [3.05, 3.63) is 0 Å². The molecule has 3 aliphatic heterocycles. The van der Waals surface area contributed by atoms with Gasteiger partial charge >= 0.3 is 0 Å². The summed E-state index contributed by atoms with van der Waals surface area (Å²) in [6.07, 6.45) is 1.21. The van der Waals surface area contributed by atoms with Crippen LogP contribution in [0.4, 0.5) is 0 Å². The van der Waals surface area contributed by atoms with Crippen LogP contribution in [-0.4, -0.2) is 51.7 Å². The van der Waals surface area contributed by atoms with Gasteiger partial charge in [0.2, 0.25) is 0 Å². The monoisotopic (exact) mass is 184 g/mol. The maximum atomic E-state index is 5.75. The number of fused-ring (bicyclic) bond motifs is 2. The Kier molecular flexibility index (Phi) is 1.71. The van der Waals surface area contributed by atoms with Crippen molar-refractivity contribution >= 4 is 7.85 Å². The standard InChI is InChI=1S/C8H13BO4/c9-7-8(1-2-12-8)6-5(13-7)3-10-4-11-6/h5-7H,1-4,9H2/t5?,6-,7?,8-/m1/s1. The first-order valence-corrected chi connectivity index (χ1v) is 4.82. The van der Waals surface area contributed by atoms with E-state index in [0.29, 0.717) is 13.4 Å². The van der Waals surface area contributed by atoms with E-state index in [0.717, 1.165) is 13.0 Å². The van der Waals surface area contributed by atoms with Crippen LogP contribution in [-0.2, 0) is 18.9 Å². The molecule has 72 valence electrons. The first-order valence-electron chi connectivity index (χ1n) is 4.82. The average molecular weight is 184 g/mol. The van der Waals surface area contributed by atoms with Crippen molar-refractivity contribution in [2.45, 2.75) is 30.2 Å². The molecule has 3 fully saturated rings. The van der Waals surface area contributed by atoms with Gasteiger partial charge in [-0.05, 0) is 0 Å². The Balaban J connectivity index is 1.86. The highest BCUT2D eigenvalue weighted by Gasteiger charge is 2.60. The highest BCUT2D eigenvalue weighted by molar-refractivity contribution is 6.12. The Morgan fingerprint density at radius 2 is 2.23 bits per heavy atom. The van der Waals surface area contributed by atoms with Gasteiger partial charge in [-0.1, -0.05) is 0 Å². The summed E-state index contributed by atoms with van der Waals surface area (Å²) in [4.78, 5) is 0. The fraction of sp³-hybridized carbons (Fsp3) is 1.00. The molecule has 5 heteroatoms. The third-order valence-corrected chi connectivity index (χ3v) is 3.36. The predicted molar refractivity (Wildman–Crippen MR) is 46.2 cm³/mol. The maximum absolute atomic E-state index is 5.75. The molecule has 0 radical (unpaired) electrons. The van der Waals surface area contributed by atoms with Gasteiger partial charge in [-0.25, -0.2) is 0 Å². The second kappa shape index (κ2) is 2.70. The van der Waals surface area contributed by atoms with E-state index in [1.807, 2.05) is 0 Å². The molecular weight excluding hydrogens is 171 g/mol. The van der Waals surface area contributed by atoms with Crippen LogP contribution in [0.25, 0.3) is 0 Å². The predicted octanol–water partition coefficient (Wildman–Crippen LogP) is -1.12. The Labute approximate surface area is 77.9 Å². The molecule has 0 N–H and O–H groups in total. The molecule has 0 aromatic heterocycles. The molecule has 3 rings (SSSR count). The zero-order chi connectivity index (χ0) is 8.89. The summed E-state index contributed by atoms with van der Waals surface area (Å²) in [6, 6.07) is 0.137. The molecule has 0 aliphatic carbocycles. The fourth-order valence-electron chi connectivity index (χ4n) is 2.54. The maximum Gasteiger partial charge on any atom is 0.147 e. The molecule has 3 saturated heterocycles. The lowest BCUT2D eigenvalue weighted by molar-refractivity contribution is -0.246. The Hall–Kier alpha value is -0.0951. The molecule has 0 bridgehead atoms. The number of ether oxygens (including phenoxy) is 4. The van der Waals surface area contributed by atoms with Gasteiger partial charge in [0.05, 0.1) is 19.2 Å². The minimum Gasteiger partial charge on any atom is -0.376 e. The van der Waals surface area contributed by atoms with Crippen LogP contribution in [0.3, 0.4) is 0 Å². The van der Waals surface area contributed by atoms with Crippen LogP contribution in [0.1, 0.15) is 6.42 Å². The summed E-state index contributed by atoms with van der Waals surface area (Å²) in [7, 11) is 2.06. The van der Waals surface area contributed by atoms with Crippen LogP contribution in [0.15, 0.2) is 0 Å². The van der Waals surface area contributed by atoms with Crippen molar-refractivity contribution in [3.63, 3.8) is 0 Å². The Morgan fingerprint density at radius 1 is 1.38 bits per heavy atom. The smallest absolute Gasteiger partial charge is 0.147 e. The molecular formula is C8H13BO4. The highest BCUT2D eigenvalue weighted by atomic mass is 16.7. The fourth-order valence-corrected chi connectivity index (χ4v) is 2.54. The summed E-state index contributed by atoms with van der Waals surface area (Å²) in [5.41, 5.74) is -0.158. The normalized spacial score (nSPS) is 54.6. The molecule has 3 aliphatic rings. The number of hydrogen-bond acceptors (Lipinski definition) is 4. The zero-order valence-corrected chi connectivity index (χ0v) is 7.69. The summed E-state index contributed by atoms with van der Waals surface area (Å²) in [6.45, 7) is 1.85. The Morgan fingerprint density at radius 3 is 2.92 bits per heavy atom. The van der Waals surface area contributed by atoms with E-state index in [9.17, 15) is 0 Å². The molecule has 3 heterocycles. The van der Waals surface area contributed by atoms with E-state index in [4.69, 9.17) is 18.9 Å². The van der Waals surface area contributed by atoms with Gasteiger partial charge in [0.1, 0.15) is 32.4 Å². The third-order valence-electron chi connectivity index (χ3n) is 3.36. The van der Waals surface area contributed by atoms with Crippen LogP contribution < -0.4 is 0 Å². The zero-order valence-electron chi connectivity index (χ0n) is 7.69. The summed E-state index contributed by atoms with van der Waals surface area (Å²) < 4.78 is 22.2. The molecule has 0 amide bonds. The lowest BCUT2D eigenvalue weighted by Gasteiger charge is -2.45. The van der Waals surface area contributed by atoms with E-state index in [-0.39, 0.29) is 23.8 Å². The lowest BCUT2D eigenvalue weighted by Crippen LogP contribution is -2.60. The van der Waals surface area contributed by atoms with Crippen molar-refractivity contribution in [2.75, 3.05) is 20.0 Å². The lowest BCUT2D eigenvalue weighted by atomic mass is 9.75. The molecule has 4 atom stereocenters. The van der Waals surface area contributed by atoms with E-state index in [1.165, 1.54) is 0 Å². The first kappa shape index (κ1) is 8.23. The second-order valence-electron chi connectivity index (χ2n) is 3.95. The van der Waals surface area contributed by atoms with Crippen molar-refractivity contribution in [1.82, 2.24) is 0 Å². The molecule has 13 heavy (non-hydrogen) atoms. The largest absolute Gasteiger partial charge is 0.376 e.